The van der Waals surface area contributed by atoms with Crippen LogP contribution in [0.1, 0.15) is 65.2 Å². The second-order valence-corrected chi connectivity index (χ2v) is 7.96. The maximum atomic E-state index is 12.3. The molecular formula is C21H34N4O6. The molecule has 0 saturated heterocycles. The van der Waals surface area contributed by atoms with Crippen LogP contribution in [0.15, 0.2) is 18.7 Å². The zero-order chi connectivity index (χ0) is 23.2. The molecule has 0 radical (unpaired) electrons. The molecule has 10 heteroatoms. The van der Waals surface area contributed by atoms with Crippen molar-refractivity contribution in [3.8, 4) is 0 Å². The van der Waals surface area contributed by atoms with Gasteiger partial charge in [0.05, 0.1) is 12.7 Å². The largest absolute Gasteiger partial charge is 0.481 e. The molecule has 1 aromatic rings. The van der Waals surface area contributed by atoms with E-state index in [0.29, 0.717) is 6.42 Å². The Hall–Kier alpha value is -2.91. The fourth-order valence-electron chi connectivity index (χ4n) is 3.12. The standard InChI is InChI=1S/C21H34N4O6/c1-15(2)19(21(30)31)24-20(29)16(13-18(27)28)23-17(26)9-7-5-3-4-6-8-11-25-12-10-22-14-25/h10,12,14-16,19H,3-9,11,13H2,1-2H3,(H,23,26)(H,24,29)(H,27,28)(H,30,31)/t16-,19-/m0/s1. The van der Waals surface area contributed by atoms with E-state index in [4.69, 9.17) is 5.11 Å². The van der Waals surface area contributed by atoms with Gasteiger partial charge >= 0.3 is 11.9 Å². The van der Waals surface area contributed by atoms with E-state index in [0.717, 1.165) is 38.6 Å². The van der Waals surface area contributed by atoms with Crippen molar-refractivity contribution >= 4 is 23.8 Å². The van der Waals surface area contributed by atoms with Crippen LogP contribution in [0.3, 0.4) is 0 Å². The van der Waals surface area contributed by atoms with E-state index in [-0.39, 0.29) is 12.3 Å². The first-order chi connectivity index (χ1) is 14.7. The fourth-order valence-corrected chi connectivity index (χ4v) is 3.12. The summed E-state index contributed by atoms with van der Waals surface area (Å²) in [7, 11) is 0. The Morgan fingerprint density at radius 1 is 0.968 bits per heavy atom. The molecule has 2 atom stereocenters. The molecule has 0 fully saturated rings. The number of unbranched alkanes of at least 4 members (excludes halogenated alkanes) is 5. The molecule has 0 spiro atoms. The maximum absolute atomic E-state index is 12.3. The zero-order valence-corrected chi connectivity index (χ0v) is 18.2. The van der Waals surface area contributed by atoms with E-state index in [9.17, 15) is 24.3 Å². The first kappa shape index (κ1) is 26.1. The lowest BCUT2D eigenvalue weighted by Crippen LogP contribution is -2.53. The molecule has 0 saturated carbocycles. The Morgan fingerprint density at radius 2 is 1.61 bits per heavy atom. The van der Waals surface area contributed by atoms with E-state index >= 15 is 0 Å². The molecule has 0 aromatic carbocycles. The first-order valence-electron chi connectivity index (χ1n) is 10.7. The number of aliphatic carboxylic acids is 2. The number of amides is 2. The highest BCUT2D eigenvalue weighted by Gasteiger charge is 2.29. The summed E-state index contributed by atoms with van der Waals surface area (Å²) in [4.78, 5) is 50.8. The molecule has 0 aliphatic heterocycles. The second-order valence-electron chi connectivity index (χ2n) is 7.96. The number of carbonyl (C=O) groups is 4. The monoisotopic (exact) mass is 438 g/mol. The summed E-state index contributed by atoms with van der Waals surface area (Å²) in [5, 5.41) is 22.9. The highest BCUT2D eigenvalue weighted by atomic mass is 16.4. The normalized spacial score (nSPS) is 12.9. The van der Waals surface area contributed by atoms with E-state index in [1.54, 1.807) is 26.4 Å². The van der Waals surface area contributed by atoms with Crippen molar-refractivity contribution in [3.05, 3.63) is 18.7 Å². The molecule has 0 unspecified atom stereocenters. The van der Waals surface area contributed by atoms with Gasteiger partial charge < -0.3 is 25.4 Å². The Kier molecular flexibility index (Phi) is 11.9. The fraction of sp³-hybridized carbons (Fsp3) is 0.667. The summed E-state index contributed by atoms with van der Waals surface area (Å²) in [6, 6.07) is -2.47. The number of aromatic nitrogens is 2. The summed E-state index contributed by atoms with van der Waals surface area (Å²) in [6.07, 6.45) is 10.8. The van der Waals surface area contributed by atoms with Crippen molar-refractivity contribution in [2.75, 3.05) is 0 Å². The quantitative estimate of drug-likeness (QED) is 0.287. The van der Waals surface area contributed by atoms with Crippen LogP contribution in [0.2, 0.25) is 0 Å². The number of hydrogen-bond acceptors (Lipinski definition) is 5. The lowest BCUT2D eigenvalue weighted by Gasteiger charge is -2.22. The van der Waals surface area contributed by atoms with Crippen LogP contribution in [0.25, 0.3) is 0 Å². The van der Waals surface area contributed by atoms with Gasteiger partial charge in [-0.05, 0) is 18.8 Å². The molecule has 1 rings (SSSR count). The van der Waals surface area contributed by atoms with Crippen molar-refractivity contribution in [1.29, 1.82) is 0 Å². The first-order valence-corrected chi connectivity index (χ1v) is 10.7. The SMILES string of the molecule is CC(C)[C@H](NC(=O)[C@H](CC(=O)O)NC(=O)CCCCCCCCn1ccnc1)C(=O)O. The molecule has 10 nitrogen and oxygen atoms in total. The second kappa shape index (κ2) is 14.2. The Labute approximate surface area is 182 Å². The number of nitrogens with one attached hydrogen (secondary N) is 2. The van der Waals surface area contributed by atoms with Crippen molar-refractivity contribution in [2.45, 2.75) is 83.8 Å². The van der Waals surface area contributed by atoms with Gasteiger partial charge in [0.15, 0.2) is 0 Å². The molecule has 4 N–H and O–H groups in total. The topological polar surface area (TPSA) is 151 Å². The number of imidazole rings is 1. The predicted molar refractivity (Wildman–Crippen MR) is 113 cm³/mol. The van der Waals surface area contributed by atoms with Crippen LogP contribution in [0.5, 0.6) is 0 Å². The lowest BCUT2D eigenvalue weighted by atomic mass is 10.0. The number of carboxylic acids is 2. The number of carbonyl (C=O) groups excluding carboxylic acids is 2. The van der Waals surface area contributed by atoms with Gasteiger partial charge in [-0.3, -0.25) is 14.4 Å². The number of nitrogens with zero attached hydrogens (tertiary/aromatic N) is 2. The molecular weight excluding hydrogens is 404 g/mol. The lowest BCUT2D eigenvalue weighted by molar-refractivity contribution is -0.144. The molecule has 174 valence electrons. The van der Waals surface area contributed by atoms with E-state index < -0.39 is 42.3 Å². The minimum absolute atomic E-state index is 0.185. The van der Waals surface area contributed by atoms with E-state index in [2.05, 4.69) is 15.6 Å². The summed E-state index contributed by atoms with van der Waals surface area (Å²) in [5.74, 6) is -4.09. The van der Waals surface area contributed by atoms with Gasteiger partial charge in [-0.25, -0.2) is 9.78 Å². The van der Waals surface area contributed by atoms with Gasteiger partial charge in [-0.15, -0.1) is 0 Å². The predicted octanol–water partition coefficient (Wildman–Crippen LogP) is 1.80. The van der Waals surface area contributed by atoms with Gasteiger partial charge in [0, 0.05) is 25.4 Å². The molecule has 0 aliphatic carbocycles. The minimum atomic E-state index is -1.31. The molecule has 1 heterocycles. The number of rotatable bonds is 16. The van der Waals surface area contributed by atoms with Crippen LogP contribution < -0.4 is 10.6 Å². The number of carboxylic acid groups (broad SMARTS) is 2. The van der Waals surface area contributed by atoms with Crippen molar-refractivity contribution < 1.29 is 29.4 Å². The molecule has 31 heavy (non-hydrogen) atoms. The smallest absolute Gasteiger partial charge is 0.326 e. The van der Waals surface area contributed by atoms with Crippen LogP contribution >= 0.6 is 0 Å². The third-order valence-corrected chi connectivity index (χ3v) is 4.89. The molecule has 2 amide bonds. The highest BCUT2D eigenvalue weighted by Crippen LogP contribution is 2.09. The van der Waals surface area contributed by atoms with E-state index in [1.807, 2.05) is 10.8 Å². The summed E-state index contributed by atoms with van der Waals surface area (Å²) < 4.78 is 2.04. The average Bonchev–Trinajstić information content (AvgIpc) is 3.20. The minimum Gasteiger partial charge on any atom is -0.481 e. The van der Waals surface area contributed by atoms with Crippen molar-refractivity contribution in [3.63, 3.8) is 0 Å². The van der Waals surface area contributed by atoms with Crippen LogP contribution in [0, 0.1) is 5.92 Å². The molecule has 1 aromatic heterocycles. The summed E-state index contributed by atoms with van der Waals surface area (Å²) in [5.41, 5.74) is 0. The number of aryl methyl sites for hydroxylation is 1. The third-order valence-electron chi connectivity index (χ3n) is 4.89. The summed E-state index contributed by atoms with van der Waals surface area (Å²) >= 11 is 0. The maximum Gasteiger partial charge on any atom is 0.326 e. The van der Waals surface area contributed by atoms with Crippen molar-refractivity contribution in [1.82, 2.24) is 20.2 Å². The Morgan fingerprint density at radius 3 is 2.16 bits per heavy atom. The number of hydrogen-bond donors (Lipinski definition) is 4. The summed E-state index contributed by atoms with van der Waals surface area (Å²) in [6.45, 7) is 4.19. The van der Waals surface area contributed by atoms with Crippen LogP contribution in [0.4, 0.5) is 0 Å². The van der Waals surface area contributed by atoms with Gasteiger partial charge in [0.2, 0.25) is 11.8 Å². The van der Waals surface area contributed by atoms with Gasteiger partial charge in [0.1, 0.15) is 12.1 Å². The Balaban J connectivity index is 2.31. The van der Waals surface area contributed by atoms with Gasteiger partial charge in [-0.1, -0.05) is 39.5 Å². The zero-order valence-electron chi connectivity index (χ0n) is 18.2. The highest BCUT2D eigenvalue weighted by molar-refractivity contribution is 5.92. The molecule has 0 aliphatic rings. The van der Waals surface area contributed by atoms with Crippen LogP contribution in [-0.2, 0) is 25.7 Å². The molecule has 0 bridgehead atoms. The van der Waals surface area contributed by atoms with Crippen LogP contribution in [-0.4, -0.2) is 55.6 Å². The van der Waals surface area contributed by atoms with Crippen molar-refractivity contribution in [2.24, 2.45) is 5.92 Å². The average molecular weight is 439 g/mol. The Bertz CT molecular complexity index is 705. The van der Waals surface area contributed by atoms with Gasteiger partial charge in [0.25, 0.3) is 0 Å². The van der Waals surface area contributed by atoms with Gasteiger partial charge in [-0.2, -0.15) is 0 Å². The third kappa shape index (κ3) is 11.2. The van der Waals surface area contributed by atoms with E-state index in [1.165, 1.54) is 0 Å².